The van der Waals surface area contributed by atoms with Gasteiger partial charge in [-0.1, -0.05) is 18.2 Å². The molecule has 20 heavy (non-hydrogen) atoms. The molecule has 0 spiro atoms. The van der Waals surface area contributed by atoms with Crippen molar-refractivity contribution in [1.82, 2.24) is 9.80 Å². The van der Waals surface area contributed by atoms with Crippen molar-refractivity contribution in [2.75, 3.05) is 26.7 Å². The average Bonchev–Trinajstić information content (AvgIpc) is 2.76. The number of rotatable bonds is 3. The minimum absolute atomic E-state index is 0. The van der Waals surface area contributed by atoms with E-state index in [-0.39, 0.29) is 24.0 Å². The largest absolute Gasteiger partial charge is 0.463 e. The molecule has 1 atom stereocenters. The van der Waals surface area contributed by atoms with Crippen LogP contribution in [0.25, 0.3) is 0 Å². The van der Waals surface area contributed by atoms with Gasteiger partial charge in [-0.05, 0) is 32.9 Å². The molecular weight excluding hydrogens is 300 g/mol. The number of halogens is 1. The van der Waals surface area contributed by atoms with Crippen LogP contribution in [0.2, 0.25) is 0 Å². The maximum atomic E-state index is 12.5. The second kappa shape index (κ2) is 7.90. The van der Waals surface area contributed by atoms with Gasteiger partial charge in [0.2, 0.25) is 0 Å². The maximum Gasteiger partial charge on any atom is 0.333 e. The van der Waals surface area contributed by atoms with Crippen molar-refractivity contribution in [3.05, 3.63) is 11.1 Å². The Kier molecular flexibility index (Phi) is 5.13. The molecule has 0 aromatic carbocycles. The highest BCUT2D eigenvalue weighted by molar-refractivity contribution is 8.04. The highest BCUT2D eigenvalue weighted by Crippen LogP contribution is 2.36. The predicted octanol–water partition coefficient (Wildman–Crippen LogP) is 1.83. The molecule has 2 rings (SSSR count). The number of hydrogen-bond donors (Lipinski definition) is 0. The molecule has 0 aliphatic carbocycles. The Balaban J connectivity index is 0.00000264. The zero-order valence-corrected chi connectivity index (χ0v) is 13.0. The van der Waals surface area contributed by atoms with Gasteiger partial charge < -0.3 is 9.64 Å². The second-order valence-electron chi connectivity index (χ2n) is 4.48. The van der Waals surface area contributed by atoms with Crippen molar-refractivity contribution in [1.29, 1.82) is 0 Å². The van der Waals surface area contributed by atoms with Crippen LogP contribution in [-0.2, 0) is 14.3 Å². The third kappa shape index (κ3) is 3.90. The lowest BCUT2D eigenvalue weighted by Gasteiger charge is -2.29. The molecule has 1 amide bonds. The van der Waals surface area contributed by atoms with Crippen molar-refractivity contribution in [3.63, 3.8) is 0 Å². The van der Waals surface area contributed by atoms with Crippen molar-refractivity contribution >= 4 is 36.0 Å². The number of nitrogens with zero attached hydrogens (tertiary/aromatic N) is 2. The Labute approximate surface area is 134 Å². The van der Waals surface area contributed by atoms with E-state index in [9.17, 15) is 9.59 Å². The number of ether oxygens (including phenoxy) is 1. The van der Waals surface area contributed by atoms with E-state index >= 15 is 0 Å². The number of esters is 1. The summed E-state index contributed by atoms with van der Waals surface area (Å²) in [5, 5.41) is -0.430. The van der Waals surface area contributed by atoms with Crippen LogP contribution in [0, 0.1) is 0 Å². The number of likely N-dealkylation sites (N-methyl/N-ethyl adjacent to an activating group) is 1. The molecule has 2 aliphatic heterocycles. The second-order valence-corrected chi connectivity index (χ2v) is 5.58. The average molecular weight is 324 g/mol. The van der Waals surface area contributed by atoms with Gasteiger partial charge in [-0.25, -0.2) is 4.79 Å². The van der Waals surface area contributed by atoms with Crippen LogP contribution >= 0.6 is 24.2 Å². The van der Waals surface area contributed by atoms with E-state index in [0.29, 0.717) is 0 Å². The van der Waals surface area contributed by atoms with Crippen LogP contribution in [-0.4, -0.2) is 53.7 Å². The molecule has 0 N–H and O–H groups in total. The summed E-state index contributed by atoms with van der Waals surface area (Å²) >= 11 is 1.12. The molecule has 1 unspecified atom stereocenters. The topological polar surface area (TPSA) is 49.9 Å². The summed E-state index contributed by atoms with van der Waals surface area (Å²) in [6.45, 7) is 0.800. The number of thioether (sulfide) groups is 1. The van der Waals surface area contributed by atoms with Crippen molar-refractivity contribution in [2.45, 2.75) is 31.6 Å². The Bertz CT molecular complexity index is 482. The molecule has 0 saturated carbocycles. The van der Waals surface area contributed by atoms with Gasteiger partial charge in [0, 0.05) is 11.1 Å². The van der Waals surface area contributed by atoms with E-state index in [2.05, 4.69) is 0 Å². The first-order chi connectivity index (χ1) is 10.3. The van der Waals surface area contributed by atoms with Gasteiger partial charge in [0.15, 0.2) is 0 Å². The third-order valence-corrected chi connectivity index (χ3v) is 4.40. The van der Waals surface area contributed by atoms with Crippen LogP contribution in [0.15, 0.2) is 11.1 Å². The van der Waals surface area contributed by atoms with E-state index in [1.165, 1.54) is 0 Å². The zero-order valence-electron chi connectivity index (χ0n) is 14.3. The normalized spacial score (nSPS) is 28.6. The lowest BCUT2D eigenvalue weighted by molar-refractivity contribution is -0.137. The number of hydrogen-bond acceptors (Lipinski definition) is 5. The van der Waals surface area contributed by atoms with Crippen LogP contribution in [0.5, 0.6) is 0 Å². The van der Waals surface area contributed by atoms with Gasteiger partial charge in [-0.2, -0.15) is 0 Å². The third-order valence-electron chi connectivity index (χ3n) is 3.13. The lowest BCUT2D eigenvalue weighted by atomic mass is 10.1. The van der Waals surface area contributed by atoms with Crippen LogP contribution < -0.4 is 0 Å². The van der Waals surface area contributed by atoms with Crippen molar-refractivity contribution in [2.24, 2.45) is 0 Å². The van der Waals surface area contributed by atoms with Crippen LogP contribution in [0.1, 0.15) is 30.3 Å². The fraction of sp³-hybridized carbons (Fsp3) is 0.692. The maximum absolute atomic E-state index is 12.5. The molecule has 0 bridgehead atoms. The van der Waals surface area contributed by atoms with Gasteiger partial charge in [-0.15, -0.1) is 12.4 Å². The highest BCUT2D eigenvalue weighted by Gasteiger charge is 2.39. The fourth-order valence-electron chi connectivity index (χ4n) is 2.20. The first-order valence-corrected chi connectivity index (χ1v) is 7.36. The number of piperidine rings is 1. The minimum Gasteiger partial charge on any atom is -0.463 e. The van der Waals surface area contributed by atoms with Gasteiger partial charge in [0.05, 0.1) is 17.7 Å². The van der Waals surface area contributed by atoms with Crippen molar-refractivity contribution < 1.29 is 18.4 Å². The van der Waals surface area contributed by atoms with E-state index in [0.717, 1.165) is 55.1 Å². The van der Waals surface area contributed by atoms with Gasteiger partial charge >= 0.3 is 5.97 Å². The summed E-state index contributed by atoms with van der Waals surface area (Å²) < 4.78 is 27.5. The lowest BCUT2D eigenvalue weighted by Crippen LogP contribution is -2.42. The Hall–Kier alpha value is -0.720. The van der Waals surface area contributed by atoms with E-state index in [1.54, 1.807) is 6.92 Å². The number of amides is 1. The van der Waals surface area contributed by atoms with Gasteiger partial charge in [0.25, 0.3) is 5.91 Å². The first kappa shape index (κ1) is 13.0. The standard InChI is InChI=1S/C13H20N2O3S.ClH/c1-3-18-11(16)9-10-14(2)12(17)13(19-10)15-7-5-4-6-8-15;/h9,13H,3-8H2,1-2H3;1H/b10-9+;/i2D3;. The predicted molar refractivity (Wildman–Crippen MR) is 81.5 cm³/mol. The van der Waals surface area contributed by atoms with Crippen molar-refractivity contribution in [3.8, 4) is 0 Å². The fourth-order valence-corrected chi connectivity index (χ4v) is 3.36. The molecule has 5 nitrogen and oxygen atoms in total. The summed E-state index contributed by atoms with van der Waals surface area (Å²) in [5.74, 6) is -1.12. The molecule has 2 heterocycles. The molecule has 2 aliphatic rings. The summed E-state index contributed by atoms with van der Waals surface area (Å²) in [4.78, 5) is 26.9. The van der Waals surface area contributed by atoms with Gasteiger partial charge in [0.1, 0.15) is 5.37 Å². The van der Waals surface area contributed by atoms with E-state index < -0.39 is 24.2 Å². The minimum atomic E-state index is -2.60. The summed E-state index contributed by atoms with van der Waals surface area (Å²) in [7, 11) is 0. The number of carbonyl (C=O) groups is 2. The SMILES string of the molecule is Cl.[2H]C([2H])([2H])N1C(=O)C(N2CCCCC2)S/C1=C/C(=O)OCC. The molecule has 2 saturated heterocycles. The van der Waals surface area contributed by atoms with Crippen LogP contribution in [0.4, 0.5) is 0 Å². The Morgan fingerprint density at radius 1 is 1.50 bits per heavy atom. The number of likely N-dealkylation sites (tertiary alicyclic amines) is 1. The molecule has 2 fully saturated rings. The van der Waals surface area contributed by atoms with Gasteiger partial charge in [-0.3, -0.25) is 9.69 Å². The Morgan fingerprint density at radius 2 is 2.20 bits per heavy atom. The first-order valence-electron chi connectivity index (χ1n) is 7.98. The summed E-state index contributed by atoms with van der Waals surface area (Å²) in [6, 6.07) is 0. The number of carbonyl (C=O) groups excluding carboxylic acids is 2. The molecule has 0 aromatic heterocycles. The van der Waals surface area contributed by atoms with Crippen LogP contribution in [0.3, 0.4) is 0 Å². The molecule has 0 radical (unpaired) electrons. The summed E-state index contributed by atoms with van der Waals surface area (Å²) in [6.07, 6.45) is 4.21. The summed E-state index contributed by atoms with van der Waals surface area (Å²) in [5.41, 5.74) is 0. The monoisotopic (exact) mass is 323 g/mol. The Morgan fingerprint density at radius 3 is 2.80 bits per heavy atom. The molecule has 0 aromatic rings. The quantitative estimate of drug-likeness (QED) is 0.586. The molecular formula is C13H21ClN2O3S. The highest BCUT2D eigenvalue weighted by atomic mass is 35.5. The molecule has 7 heteroatoms. The molecule has 114 valence electrons. The van der Waals surface area contributed by atoms with E-state index in [1.807, 2.05) is 4.90 Å². The zero-order chi connectivity index (χ0) is 16.3. The van der Waals surface area contributed by atoms with E-state index in [4.69, 9.17) is 8.85 Å². The smallest absolute Gasteiger partial charge is 0.333 e.